The van der Waals surface area contributed by atoms with E-state index in [2.05, 4.69) is 9.88 Å². The van der Waals surface area contributed by atoms with Crippen molar-refractivity contribution >= 4 is 5.82 Å². The highest BCUT2D eigenvalue weighted by Gasteiger charge is 2.45. The van der Waals surface area contributed by atoms with E-state index in [-0.39, 0.29) is 11.9 Å². The topological polar surface area (TPSA) is 36.4 Å². The van der Waals surface area contributed by atoms with Gasteiger partial charge in [0, 0.05) is 24.8 Å². The molecule has 120 valence electrons. The monoisotopic (exact) mass is 312 g/mol. The fourth-order valence-electron chi connectivity index (χ4n) is 3.94. The summed E-state index contributed by atoms with van der Waals surface area (Å²) in [6, 6.07) is 10.6. The van der Waals surface area contributed by atoms with Crippen LogP contribution in [0.15, 0.2) is 42.6 Å². The SMILES string of the molecule is OC1CC2(CCN(c3ccc(-c4ccc(F)cc4)cn3)CC2)C1. The zero-order valence-electron chi connectivity index (χ0n) is 13.1. The molecule has 1 aromatic heterocycles. The number of halogens is 1. The van der Waals surface area contributed by atoms with Gasteiger partial charge in [-0.2, -0.15) is 0 Å². The third-order valence-corrected chi connectivity index (χ3v) is 5.41. The van der Waals surface area contributed by atoms with Crippen LogP contribution in [0.1, 0.15) is 25.7 Å². The van der Waals surface area contributed by atoms with Crippen molar-refractivity contribution in [2.45, 2.75) is 31.8 Å². The smallest absolute Gasteiger partial charge is 0.128 e. The second-order valence-electron chi connectivity index (χ2n) is 6.96. The van der Waals surface area contributed by atoms with E-state index >= 15 is 0 Å². The van der Waals surface area contributed by atoms with E-state index < -0.39 is 0 Å². The summed E-state index contributed by atoms with van der Waals surface area (Å²) in [6.07, 6.45) is 6.02. The lowest BCUT2D eigenvalue weighted by atomic mass is 9.61. The molecule has 1 aromatic carbocycles. The molecule has 2 aromatic rings. The molecule has 4 heteroatoms. The first-order chi connectivity index (χ1) is 11.1. The van der Waals surface area contributed by atoms with Crippen LogP contribution in [0.25, 0.3) is 11.1 Å². The minimum Gasteiger partial charge on any atom is -0.393 e. The van der Waals surface area contributed by atoms with Crippen molar-refractivity contribution in [1.82, 2.24) is 4.98 Å². The van der Waals surface area contributed by atoms with E-state index in [4.69, 9.17) is 0 Å². The summed E-state index contributed by atoms with van der Waals surface area (Å²) < 4.78 is 13.0. The maximum absolute atomic E-state index is 13.0. The summed E-state index contributed by atoms with van der Waals surface area (Å²) in [7, 11) is 0. The minimum absolute atomic E-state index is 0.0744. The third-order valence-electron chi connectivity index (χ3n) is 5.41. The molecule has 2 aliphatic rings. The average molecular weight is 312 g/mol. The summed E-state index contributed by atoms with van der Waals surface area (Å²) in [5.41, 5.74) is 2.38. The first-order valence-corrected chi connectivity index (χ1v) is 8.29. The van der Waals surface area contributed by atoms with Crippen molar-refractivity contribution < 1.29 is 9.50 Å². The summed E-state index contributed by atoms with van der Waals surface area (Å²) in [5, 5.41) is 9.55. The molecule has 23 heavy (non-hydrogen) atoms. The number of benzene rings is 1. The van der Waals surface area contributed by atoms with Gasteiger partial charge in [-0.05, 0) is 60.9 Å². The zero-order chi connectivity index (χ0) is 15.9. The van der Waals surface area contributed by atoms with Gasteiger partial charge in [-0.25, -0.2) is 9.37 Å². The zero-order valence-corrected chi connectivity index (χ0v) is 13.1. The number of aliphatic hydroxyl groups is 1. The second-order valence-corrected chi connectivity index (χ2v) is 6.96. The fourth-order valence-corrected chi connectivity index (χ4v) is 3.94. The summed E-state index contributed by atoms with van der Waals surface area (Å²) in [4.78, 5) is 6.91. The van der Waals surface area contributed by atoms with Gasteiger partial charge in [0.15, 0.2) is 0 Å². The largest absolute Gasteiger partial charge is 0.393 e. The Morgan fingerprint density at radius 3 is 2.22 bits per heavy atom. The molecule has 1 saturated heterocycles. The summed E-state index contributed by atoms with van der Waals surface area (Å²) >= 11 is 0. The number of nitrogens with zero attached hydrogens (tertiary/aromatic N) is 2. The van der Waals surface area contributed by atoms with Gasteiger partial charge in [-0.15, -0.1) is 0 Å². The van der Waals surface area contributed by atoms with Gasteiger partial charge < -0.3 is 10.0 Å². The van der Waals surface area contributed by atoms with Crippen molar-refractivity contribution in [3.63, 3.8) is 0 Å². The Kier molecular flexibility index (Phi) is 3.57. The van der Waals surface area contributed by atoms with Crippen LogP contribution in [-0.2, 0) is 0 Å². The van der Waals surface area contributed by atoms with Crippen molar-refractivity contribution in [2.75, 3.05) is 18.0 Å². The van der Waals surface area contributed by atoms with E-state index in [9.17, 15) is 9.50 Å². The van der Waals surface area contributed by atoms with Crippen molar-refractivity contribution in [1.29, 1.82) is 0 Å². The van der Waals surface area contributed by atoms with E-state index in [0.29, 0.717) is 5.41 Å². The molecule has 3 nitrogen and oxygen atoms in total. The number of piperidine rings is 1. The van der Waals surface area contributed by atoms with Gasteiger partial charge in [0.2, 0.25) is 0 Å². The molecule has 2 fully saturated rings. The lowest BCUT2D eigenvalue weighted by Gasteiger charge is -2.50. The molecule has 0 amide bonds. The van der Waals surface area contributed by atoms with Crippen LogP contribution in [-0.4, -0.2) is 29.3 Å². The number of hydrogen-bond donors (Lipinski definition) is 1. The minimum atomic E-state index is -0.221. The summed E-state index contributed by atoms with van der Waals surface area (Å²) in [6.45, 7) is 2.02. The number of aliphatic hydroxyl groups excluding tert-OH is 1. The van der Waals surface area contributed by atoms with Crippen LogP contribution in [0.5, 0.6) is 0 Å². The Morgan fingerprint density at radius 1 is 1.00 bits per heavy atom. The summed E-state index contributed by atoms with van der Waals surface area (Å²) in [5.74, 6) is 0.785. The molecular formula is C19H21FN2O. The lowest BCUT2D eigenvalue weighted by molar-refractivity contribution is -0.0464. The van der Waals surface area contributed by atoms with Crippen LogP contribution in [0.3, 0.4) is 0 Å². The van der Waals surface area contributed by atoms with Gasteiger partial charge in [-0.3, -0.25) is 0 Å². The quantitative estimate of drug-likeness (QED) is 0.920. The van der Waals surface area contributed by atoms with Gasteiger partial charge in [0.1, 0.15) is 11.6 Å². The molecular weight excluding hydrogens is 291 g/mol. The molecule has 1 N–H and O–H groups in total. The third kappa shape index (κ3) is 2.83. The van der Waals surface area contributed by atoms with Gasteiger partial charge in [0.25, 0.3) is 0 Å². The number of hydrogen-bond acceptors (Lipinski definition) is 3. The molecule has 1 aliphatic carbocycles. The Hall–Kier alpha value is -1.94. The molecule has 0 unspecified atom stereocenters. The molecule has 1 saturated carbocycles. The molecule has 0 radical (unpaired) electrons. The van der Waals surface area contributed by atoms with Crippen molar-refractivity contribution in [2.24, 2.45) is 5.41 Å². The van der Waals surface area contributed by atoms with Gasteiger partial charge in [-0.1, -0.05) is 12.1 Å². The number of rotatable bonds is 2. The number of anilines is 1. The molecule has 1 aliphatic heterocycles. The Balaban J connectivity index is 1.43. The van der Waals surface area contributed by atoms with Crippen LogP contribution in [0, 0.1) is 11.2 Å². The Morgan fingerprint density at radius 2 is 1.65 bits per heavy atom. The van der Waals surface area contributed by atoms with Crippen LogP contribution in [0.2, 0.25) is 0 Å². The second kappa shape index (κ2) is 5.60. The van der Waals surface area contributed by atoms with E-state index in [1.165, 1.54) is 12.1 Å². The Labute approximate surface area is 135 Å². The van der Waals surface area contributed by atoms with Crippen LogP contribution >= 0.6 is 0 Å². The Bertz CT molecular complexity index is 668. The normalized spacial score (nSPS) is 20.5. The van der Waals surface area contributed by atoms with Gasteiger partial charge >= 0.3 is 0 Å². The predicted molar refractivity (Wildman–Crippen MR) is 88.8 cm³/mol. The lowest BCUT2D eigenvalue weighted by Crippen LogP contribution is -2.49. The molecule has 0 atom stereocenters. The van der Waals surface area contributed by atoms with E-state index in [1.807, 2.05) is 18.3 Å². The van der Waals surface area contributed by atoms with E-state index in [1.54, 1.807) is 12.1 Å². The predicted octanol–water partition coefficient (Wildman–Crippen LogP) is 3.63. The fraction of sp³-hybridized carbons (Fsp3) is 0.421. The maximum Gasteiger partial charge on any atom is 0.128 e. The molecule has 1 spiro atoms. The highest BCUT2D eigenvalue weighted by Crippen LogP contribution is 2.49. The van der Waals surface area contributed by atoms with Crippen molar-refractivity contribution in [3.05, 3.63) is 48.4 Å². The maximum atomic E-state index is 13.0. The number of pyridine rings is 1. The van der Waals surface area contributed by atoms with Crippen LogP contribution < -0.4 is 4.90 Å². The molecule has 2 heterocycles. The van der Waals surface area contributed by atoms with Gasteiger partial charge in [0.05, 0.1) is 6.10 Å². The van der Waals surface area contributed by atoms with E-state index in [0.717, 1.165) is 55.7 Å². The first kappa shape index (κ1) is 14.6. The van der Waals surface area contributed by atoms with Crippen molar-refractivity contribution in [3.8, 4) is 11.1 Å². The van der Waals surface area contributed by atoms with Crippen LogP contribution in [0.4, 0.5) is 10.2 Å². The standard InChI is InChI=1S/C19H21FN2O/c20-16-4-1-14(2-5-16)15-3-6-18(21-13-15)22-9-7-19(8-10-22)11-17(23)12-19/h1-6,13,17,23H,7-12H2. The highest BCUT2D eigenvalue weighted by molar-refractivity contribution is 5.63. The number of aromatic nitrogens is 1. The highest BCUT2D eigenvalue weighted by atomic mass is 19.1. The molecule has 4 rings (SSSR count). The first-order valence-electron chi connectivity index (χ1n) is 8.29. The molecule has 0 bridgehead atoms. The average Bonchev–Trinajstić information content (AvgIpc) is 2.55.